The molecule has 1 aromatic rings. The summed E-state index contributed by atoms with van der Waals surface area (Å²) in [4.78, 5) is 14.3. The van der Waals surface area contributed by atoms with Gasteiger partial charge in [-0.3, -0.25) is 4.79 Å². The number of halogens is 2. The molecule has 0 aromatic heterocycles. The molecule has 1 fully saturated rings. The molecule has 98 valence electrons. The number of benzene rings is 1. The molecule has 1 atom stereocenters. The molecule has 1 aliphatic rings. The second kappa shape index (κ2) is 5.94. The van der Waals surface area contributed by atoms with Crippen molar-refractivity contribution in [1.82, 2.24) is 4.90 Å². The van der Waals surface area contributed by atoms with E-state index in [4.69, 9.17) is 23.2 Å². The molecule has 0 radical (unpaired) electrons. The Balaban J connectivity index is 2.15. The van der Waals surface area contributed by atoms with Crippen LogP contribution in [0.1, 0.15) is 36.5 Å². The Kier molecular flexibility index (Phi) is 4.52. The first-order valence-electron chi connectivity index (χ1n) is 6.32. The maximum atomic E-state index is 12.4. The largest absolute Gasteiger partial charge is 0.339 e. The van der Waals surface area contributed by atoms with Crippen LogP contribution >= 0.6 is 23.2 Å². The monoisotopic (exact) mass is 285 g/mol. The first-order chi connectivity index (χ1) is 8.58. The molecule has 2 rings (SSSR count). The molecular formula is C14H17Cl2NO. The fraction of sp³-hybridized carbons (Fsp3) is 0.500. The lowest BCUT2D eigenvalue weighted by Crippen LogP contribution is -2.32. The van der Waals surface area contributed by atoms with E-state index in [-0.39, 0.29) is 5.91 Å². The van der Waals surface area contributed by atoms with Gasteiger partial charge in [0.25, 0.3) is 5.91 Å². The Labute approximate surface area is 118 Å². The van der Waals surface area contributed by atoms with Gasteiger partial charge in [0.1, 0.15) is 0 Å². The van der Waals surface area contributed by atoms with Crippen LogP contribution in [-0.2, 0) is 0 Å². The summed E-state index contributed by atoms with van der Waals surface area (Å²) in [7, 11) is 0. The molecule has 0 aliphatic carbocycles. The summed E-state index contributed by atoms with van der Waals surface area (Å²) in [5.74, 6) is 0.717. The van der Waals surface area contributed by atoms with Crippen molar-refractivity contribution in [2.24, 2.45) is 5.92 Å². The summed E-state index contributed by atoms with van der Waals surface area (Å²) >= 11 is 11.9. The number of rotatable bonds is 1. The molecule has 0 spiro atoms. The van der Waals surface area contributed by atoms with Crippen LogP contribution in [0, 0.1) is 5.92 Å². The minimum Gasteiger partial charge on any atom is -0.339 e. The number of amides is 1. The van der Waals surface area contributed by atoms with Gasteiger partial charge in [-0.05, 0) is 43.4 Å². The molecule has 1 saturated heterocycles. The molecule has 4 heteroatoms. The van der Waals surface area contributed by atoms with Gasteiger partial charge in [0.15, 0.2) is 0 Å². The van der Waals surface area contributed by atoms with E-state index in [0.29, 0.717) is 21.5 Å². The summed E-state index contributed by atoms with van der Waals surface area (Å²) < 4.78 is 0. The van der Waals surface area contributed by atoms with E-state index in [1.54, 1.807) is 18.2 Å². The van der Waals surface area contributed by atoms with Gasteiger partial charge in [-0.2, -0.15) is 0 Å². The van der Waals surface area contributed by atoms with Crippen LogP contribution in [-0.4, -0.2) is 23.9 Å². The third-order valence-corrected chi connectivity index (χ3v) is 4.01. The van der Waals surface area contributed by atoms with Crippen LogP contribution < -0.4 is 0 Å². The van der Waals surface area contributed by atoms with Crippen LogP contribution in [0.5, 0.6) is 0 Å². The van der Waals surface area contributed by atoms with Gasteiger partial charge < -0.3 is 4.90 Å². The van der Waals surface area contributed by atoms with Gasteiger partial charge in [0.05, 0.1) is 10.6 Å². The zero-order chi connectivity index (χ0) is 13.1. The fourth-order valence-electron chi connectivity index (χ4n) is 2.30. The number of nitrogens with zero attached hydrogens (tertiary/aromatic N) is 1. The number of hydrogen-bond donors (Lipinski definition) is 0. The maximum Gasteiger partial charge on any atom is 0.255 e. The standard InChI is InChI=1S/C14H17Cl2NO/c1-10-3-2-7-17(8-6-10)14(18)12-5-4-11(15)9-13(12)16/h4-5,9-10H,2-3,6-8H2,1H3. The van der Waals surface area contributed by atoms with Crippen LogP contribution in [0.2, 0.25) is 10.0 Å². The third-order valence-electron chi connectivity index (χ3n) is 3.47. The molecular weight excluding hydrogens is 269 g/mol. The number of hydrogen-bond acceptors (Lipinski definition) is 1. The second-order valence-corrected chi connectivity index (χ2v) is 5.80. The lowest BCUT2D eigenvalue weighted by molar-refractivity contribution is 0.0760. The topological polar surface area (TPSA) is 20.3 Å². The molecule has 2 nitrogen and oxygen atoms in total. The van der Waals surface area contributed by atoms with Gasteiger partial charge in [0, 0.05) is 18.1 Å². The van der Waals surface area contributed by atoms with Crippen molar-refractivity contribution < 1.29 is 4.79 Å². The van der Waals surface area contributed by atoms with E-state index in [9.17, 15) is 4.79 Å². The lowest BCUT2D eigenvalue weighted by atomic mass is 10.0. The molecule has 0 N–H and O–H groups in total. The summed E-state index contributed by atoms with van der Waals surface area (Å²) in [5.41, 5.74) is 0.551. The Hall–Kier alpha value is -0.730. The summed E-state index contributed by atoms with van der Waals surface area (Å²) in [6, 6.07) is 5.04. The summed E-state index contributed by atoms with van der Waals surface area (Å²) in [6.45, 7) is 3.88. The molecule has 0 saturated carbocycles. The second-order valence-electron chi connectivity index (χ2n) is 4.95. The van der Waals surface area contributed by atoms with Gasteiger partial charge in [-0.15, -0.1) is 0 Å². The summed E-state index contributed by atoms with van der Waals surface area (Å²) in [6.07, 6.45) is 3.33. The maximum absolute atomic E-state index is 12.4. The Bertz CT molecular complexity index is 447. The van der Waals surface area contributed by atoms with Crippen molar-refractivity contribution in [3.63, 3.8) is 0 Å². The van der Waals surface area contributed by atoms with E-state index in [2.05, 4.69) is 6.92 Å². The number of likely N-dealkylation sites (tertiary alicyclic amines) is 1. The predicted octanol–water partition coefficient (Wildman–Crippen LogP) is 4.26. The average Bonchev–Trinajstić information content (AvgIpc) is 2.53. The van der Waals surface area contributed by atoms with Gasteiger partial charge in [0.2, 0.25) is 0 Å². The van der Waals surface area contributed by atoms with Crippen molar-refractivity contribution in [2.75, 3.05) is 13.1 Å². The van der Waals surface area contributed by atoms with Gasteiger partial charge in [-0.1, -0.05) is 30.1 Å². The highest BCUT2D eigenvalue weighted by molar-refractivity contribution is 6.36. The Morgan fingerprint density at radius 3 is 2.78 bits per heavy atom. The highest BCUT2D eigenvalue weighted by Gasteiger charge is 2.21. The van der Waals surface area contributed by atoms with Crippen LogP contribution in [0.4, 0.5) is 0 Å². The van der Waals surface area contributed by atoms with E-state index in [1.807, 2.05) is 4.90 Å². The Morgan fingerprint density at radius 2 is 2.06 bits per heavy atom. The van der Waals surface area contributed by atoms with Gasteiger partial charge >= 0.3 is 0 Å². The van der Waals surface area contributed by atoms with Crippen LogP contribution in [0.15, 0.2) is 18.2 Å². The zero-order valence-electron chi connectivity index (χ0n) is 10.5. The molecule has 1 amide bonds. The number of carbonyl (C=O) groups excluding carboxylic acids is 1. The molecule has 1 aromatic carbocycles. The van der Waals surface area contributed by atoms with Crippen molar-refractivity contribution in [3.8, 4) is 0 Å². The van der Waals surface area contributed by atoms with Crippen molar-refractivity contribution in [3.05, 3.63) is 33.8 Å². The van der Waals surface area contributed by atoms with Gasteiger partial charge in [-0.25, -0.2) is 0 Å². The minimum absolute atomic E-state index is 0.0192. The van der Waals surface area contributed by atoms with Crippen molar-refractivity contribution in [1.29, 1.82) is 0 Å². The first kappa shape index (κ1) is 13.7. The van der Waals surface area contributed by atoms with E-state index in [0.717, 1.165) is 25.9 Å². The summed E-state index contributed by atoms with van der Waals surface area (Å²) in [5, 5.41) is 0.992. The molecule has 1 heterocycles. The minimum atomic E-state index is 0.0192. The predicted molar refractivity (Wildman–Crippen MR) is 75.4 cm³/mol. The van der Waals surface area contributed by atoms with Crippen LogP contribution in [0.3, 0.4) is 0 Å². The third kappa shape index (κ3) is 3.18. The normalized spacial score (nSPS) is 20.6. The van der Waals surface area contributed by atoms with E-state index >= 15 is 0 Å². The highest BCUT2D eigenvalue weighted by Crippen LogP contribution is 2.24. The molecule has 18 heavy (non-hydrogen) atoms. The van der Waals surface area contributed by atoms with E-state index in [1.165, 1.54) is 6.42 Å². The average molecular weight is 286 g/mol. The lowest BCUT2D eigenvalue weighted by Gasteiger charge is -2.21. The molecule has 1 unspecified atom stereocenters. The molecule has 0 bridgehead atoms. The highest BCUT2D eigenvalue weighted by atomic mass is 35.5. The number of carbonyl (C=O) groups is 1. The van der Waals surface area contributed by atoms with E-state index < -0.39 is 0 Å². The smallest absolute Gasteiger partial charge is 0.255 e. The SMILES string of the molecule is CC1CCCN(C(=O)c2ccc(Cl)cc2Cl)CC1. The fourth-order valence-corrected chi connectivity index (χ4v) is 2.79. The zero-order valence-corrected chi connectivity index (χ0v) is 12.0. The quantitative estimate of drug-likeness (QED) is 0.755. The van der Waals surface area contributed by atoms with Crippen LogP contribution in [0.25, 0.3) is 0 Å². The molecule has 1 aliphatic heterocycles. The van der Waals surface area contributed by atoms with Crippen molar-refractivity contribution >= 4 is 29.1 Å². The first-order valence-corrected chi connectivity index (χ1v) is 7.08. The van der Waals surface area contributed by atoms with Crippen molar-refractivity contribution in [2.45, 2.75) is 26.2 Å². The Morgan fingerprint density at radius 1 is 1.28 bits per heavy atom.